The summed E-state index contributed by atoms with van der Waals surface area (Å²) in [5.74, 6) is -0.446. The number of carbonyl (C=O) groups is 1. The van der Waals surface area contributed by atoms with E-state index in [1.165, 1.54) is 12.3 Å². The van der Waals surface area contributed by atoms with Gasteiger partial charge < -0.3 is 5.32 Å². The number of rotatable bonds is 5. The Labute approximate surface area is 232 Å². The fourth-order valence-corrected chi connectivity index (χ4v) is 5.60. The first kappa shape index (κ1) is 27.6. The summed E-state index contributed by atoms with van der Waals surface area (Å²) in [4.78, 5) is 20.0. The molecule has 0 saturated carbocycles. The standard InChI is InChI=1S/C33H32F3N3O/c1-31(2,3)39-21-28(32(22-39,25-10-6-4-7-11-25)26-12-8-5-9-13-26)30(40)38-27-17-14-23(15-18-27)24-16-19-29(37-20-24)33(34,35)36/h4-20,28H,21-22H2,1-3H3,(H,38,40)/t28-/m0/s1. The second-order valence-corrected chi connectivity index (χ2v) is 11.3. The average Bonchev–Trinajstić information content (AvgIpc) is 3.37. The number of pyridine rings is 1. The van der Waals surface area contributed by atoms with E-state index in [9.17, 15) is 18.0 Å². The van der Waals surface area contributed by atoms with Crippen molar-refractivity contribution in [3.05, 3.63) is 120 Å². The van der Waals surface area contributed by atoms with Crippen LogP contribution >= 0.6 is 0 Å². The number of benzene rings is 3. The van der Waals surface area contributed by atoms with Gasteiger partial charge in [0.05, 0.1) is 5.92 Å². The van der Waals surface area contributed by atoms with Crippen LogP contribution in [0.15, 0.2) is 103 Å². The lowest BCUT2D eigenvalue weighted by atomic mass is 9.67. The van der Waals surface area contributed by atoms with E-state index in [2.05, 4.69) is 60.2 Å². The minimum Gasteiger partial charge on any atom is -0.326 e. The summed E-state index contributed by atoms with van der Waals surface area (Å²) >= 11 is 0. The third kappa shape index (κ3) is 5.39. The summed E-state index contributed by atoms with van der Waals surface area (Å²) in [6.07, 6.45) is -3.27. The first-order valence-electron chi connectivity index (χ1n) is 13.3. The number of aromatic nitrogens is 1. The van der Waals surface area contributed by atoms with Crippen LogP contribution in [0.25, 0.3) is 11.1 Å². The monoisotopic (exact) mass is 543 g/mol. The van der Waals surface area contributed by atoms with Gasteiger partial charge in [-0.3, -0.25) is 14.7 Å². The van der Waals surface area contributed by atoms with Crippen molar-refractivity contribution in [2.24, 2.45) is 5.92 Å². The normalized spacial score (nSPS) is 17.5. The predicted octanol–water partition coefficient (Wildman–Crippen LogP) is 7.42. The van der Waals surface area contributed by atoms with Crippen LogP contribution in [0.1, 0.15) is 37.6 Å². The van der Waals surface area contributed by atoms with E-state index >= 15 is 0 Å². The molecule has 40 heavy (non-hydrogen) atoms. The highest BCUT2D eigenvalue weighted by Crippen LogP contribution is 2.47. The Hall–Kier alpha value is -3.97. The van der Waals surface area contributed by atoms with Crippen molar-refractivity contribution in [2.45, 2.75) is 37.9 Å². The molecule has 1 fully saturated rings. The van der Waals surface area contributed by atoms with Gasteiger partial charge in [-0.05, 0) is 55.7 Å². The zero-order valence-electron chi connectivity index (χ0n) is 22.7. The van der Waals surface area contributed by atoms with Gasteiger partial charge in [0, 0.05) is 41.5 Å². The van der Waals surface area contributed by atoms with Crippen LogP contribution in [0.3, 0.4) is 0 Å². The number of hydrogen-bond acceptors (Lipinski definition) is 3. The van der Waals surface area contributed by atoms with Gasteiger partial charge in [0.1, 0.15) is 5.69 Å². The zero-order valence-corrected chi connectivity index (χ0v) is 22.7. The van der Waals surface area contributed by atoms with E-state index in [1.54, 1.807) is 24.3 Å². The van der Waals surface area contributed by atoms with Gasteiger partial charge in [-0.25, -0.2) is 0 Å². The Morgan fingerprint density at radius 3 is 1.85 bits per heavy atom. The molecule has 4 aromatic rings. The molecule has 1 N–H and O–H groups in total. The van der Waals surface area contributed by atoms with Crippen molar-refractivity contribution < 1.29 is 18.0 Å². The van der Waals surface area contributed by atoms with Crippen molar-refractivity contribution in [1.29, 1.82) is 0 Å². The summed E-state index contributed by atoms with van der Waals surface area (Å²) in [6.45, 7) is 7.80. The van der Waals surface area contributed by atoms with Crippen molar-refractivity contribution in [3.63, 3.8) is 0 Å². The molecular weight excluding hydrogens is 511 g/mol. The topological polar surface area (TPSA) is 45.2 Å². The second-order valence-electron chi connectivity index (χ2n) is 11.3. The molecule has 4 nitrogen and oxygen atoms in total. The number of nitrogens with one attached hydrogen (secondary N) is 1. The molecule has 0 aliphatic carbocycles. The molecule has 206 valence electrons. The smallest absolute Gasteiger partial charge is 0.326 e. The number of halogens is 3. The number of amides is 1. The number of hydrogen-bond donors (Lipinski definition) is 1. The quantitative estimate of drug-likeness (QED) is 0.285. The fraction of sp³-hybridized carbons (Fsp3) is 0.273. The highest BCUT2D eigenvalue weighted by Gasteiger charge is 2.54. The van der Waals surface area contributed by atoms with E-state index in [0.29, 0.717) is 29.9 Å². The van der Waals surface area contributed by atoms with Gasteiger partial charge in [-0.2, -0.15) is 13.2 Å². The van der Waals surface area contributed by atoms with Crippen LogP contribution in [0.4, 0.5) is 18.9 Å². The van der Waals surface area contributed by atoms with Gasteiger partial charge in [0.15, 0.2) is 0 Å². The largest absolute Gasteiger partial charge is 0.433 e. The number of alkyl halides is 3. The van der Waals surface area contributed by atoms with Gasteiger partial charge in [0.25, 0.3) is 0 Å². The van der Waals surface area contributed by atoms with Crippen LogP contribution < -0.4 is 5.32 Å². The molecule has 0 spiro atoms. The average molecular weight is 544 g/mol. The second kappa shape index (κ2) is 10.5. The van der Waals surface area contributed by atoms with Crippen molar-refractivity contribution in [3.8, 4) is 11.1 Å². The van der Waals surface area contributed by atoms with Gasteiger partial charge in [-0.1, -0.05) is 78.9 Å². The third-order valence-corrected chi connectivity index (χ3v) is 7.82. The van der Waals surface area contributed by atoms with Crippen molar-refractivity contribution in [2.75, 3.05) is 18.4 Å². The molecule has 1 amide bonds. The molecule has 5 rings (SSSR count). The number of likely N-dealkylation sites (tertiary alicyclic amines) is 1. The number of carbonyl (C=O) groups excluding carboxylic acids is 1. The molecule has 0 bridgehead atoms. The maximum atomic E-state index is 14.1. The summed E-state index contributed by atoms with van der Waals surface area (Å²) in [6, 6.07) is 29.9. The molecule has 1 atom stereocenters. The van der Waals surface area contributed by atoms with Crippen LogP contribution in [0.5, 0.6) is 0 Å². The van der Waals surface area contributed by atoms with Gasteiger partial charge in [-0.15, -0.1) is 0 Å². The lowest BCUT2D eigenvalue weighted by Gasteiger charge is -2.37. The lowest BCUT2D eigenvalue weighted by molar-refractivity contribution is -0.141. The molecule has 3 aromatic carbocycles. The van der Waals surface area contributed by atoms with Crippen molar-refractivity contribution in [1.82, 2.24) is 9.88 Å². The molecule has 2 heterocycles. The summed E-state index contributed by atoms with van der Waals surface area (Å²) < 4.78 is 38.6. The van der Waals surface area contributed by atoms with Crippen LogP contribution in [0, 0.1) is 5.92 Å². The van der Waals surface area contributed by atoms with Crippen molar-refractivity contribution >= 4 is 11.6 Å². The van der Waals surface area contributed by atoms with E-state index in [0.717, 1.165) is 17.2 Å². The molecular formula is C33H32F3N3O. The Kier molecular flexibility index (Phi) is 7.27. The van der Waals surface area contributed by atoms with Crippen LogP contribution in [-0.2, 0) is 16.4 Å². The Balaban J connectivity index is 1.46. The molecule has 1 aliphatic rings. The fourth-order valence-electron chi connectivity index (χ4n) is 5.60. The van der Waals surface area contributed by atoms with E-state index in [1.807, 2.05) is 36.4 Å². The van der Waals surface area contributed by atoms with E-state index in [-0.39, 0.29) is 17.4 Å². The van der Waals surface area contributed by atoms with Crippen LogP contribution in [0.2, 0.25) is 0 Å². The third-order valence-electron chi connectivity index (χ3n) is 7.82. The Morgan fingerprint density at radius 2 is 1.38 bits per heavy atom. The molecule has 1 aromatic heterocycles. The molecule has 0 radical (unpaired) electrons. The molecule has 7 heteroatoms. The van der Waals surface area contributed by atoms with E-state index in [4.69, 9.17) is 0 Å². The Bertz CT molecular complexity index is 1410. The lowest BCUT2D eigenvalue weighted by Crippen LogP contribution is -2.43. The highest BCUT2D eigenvalue weighted by atomic mass is 19.4. The molecule has 1 aliphatic heterocycles. The maximum Gasteiger partial charge on any atom is 0.433 e. The first-order chi connectivity index (χ1) is 19.0. The number of anilines is 1. The van der Waals surface area contributed by atoms with Gasteiger partial charge >= 0.3 is 6.18 Å². The summed E-state index contributed by atoms with van der Waals surface area (Å²) in [5, 5.41) is 3.13. The minimum absolute atomic E-state index is 0.0802. The molecule has 0 unspecified atom stereocenters. The number of nitrogens with zero attached hydrogens (tertiary/aromatic N) is 2. The first-order valence-corrected chi connectivity index (χ1v) is 13.3. The SMILES string of the molecule is CC(C)(C)N1C[C@@H](C(=O)Nc2ccc(-c3ccc(C(F)(F)F)nc3)cc2)C(c2ccccc2)(c2ccccc2)C1. The van der Waals surface area contributed by atoms with Gasteiger partial charge in [0.2, 0.25) is 5.91 Å². The van der Waals surface area contributed by atoms with E-state index < -0.39 is 17.3 Å². The molecule has 1 saturated heterocycles. The zero-order chi connectivity index (χ0) is 28.5. The summed E-state index contributed by atoms with van der Waals surface area (Å²) in [7, 11) is 0. The Morgan fingerprint density at radius 1 is 0.825 bits per heavy atom. The summed E-state index contributed by atoms with van der Waals surface area (Å²) in [5.41, 5.74) is 2.47. The highest BCUT2D eigenvalue weighted by molar-refractivity contribution is 5.95. The predicted molar refractivity (Wildman–Crippen MR) is 152 cm³/mol. The maximum absolute atomic E-state index is 14.1. The van der Waals surface area contributed by atoms with Crippen LogP contribution in [-0.4, -0.2) is 34.4 Å². The minimum atomic E-state index is -4.48.